The predicted molar refractivity (Wildman–Crippen MR) is 88.3 cm³/mol. The molecule has 1 aromatic heterocycles. The van der Waals surface area contributed by atoms with Gasteiger partial charge >= 0.3 is 5.97 Å². The molecule has 120 valence electrons. The molecule has 0 saturated carbocycles. The van der Waals surface area contributed by atoms with E-state index >= 15 is 0 Å². The zero-order valence-electron chi connectivity index (χ0n) is 12.8. The van der Waals surface area contributed by atoms with Gasteiger partial charge in [-0.3, -0.25) is 14.7 Å². The molecule has 2 rings (SSSR count). The molecule has 0 aliphatic carbocycles. The molecule has 7 heteroatoms. The number of ether oxygens (including phenoxy) is 1. The summed E-state index contributed by atoms with van der Waals surface area (Å²) in [6, 6.07) is 4.06. The summed E-state index contributed by atoms with van der Waals surface area (Å²) in [5.74, 6) is -0.310. The second kappa shape index (κ2) is 8.65. The molecule has 0 radical (unpaired) electrons. The molecule has 6 nitrogen and oxygen atoms in total. The van der Waals surface area contributed by atoms with Gasteiger partial charge in [-0.25, -0.2) is 0 Å². The molecule has 1 aliphatic rings. The Kier molecular flexibility index (Phi) is 6.54. The van der Waals surface area contributed by atoms with Gasteiger partial charge in [-0.2, -0.15) is 0 Å². The quantitative estimate of drug-likeness (QED) is 0.645. The lowest BCUT2D eigenvalue weighted by Crippen LogP contribution is -2.43. The zero-order valence-corrected chi connectivity index (χ0v) is 13.6. The van der Waals surface area contributed by atoms with Crippen molar-refractivity contribution in [3.63, 3.8) is 0 Å². The number of nitrogens with zero attached hydrogens (tertiary/aromatic N) is 3. The smallest absolute Gasteiger partial charge is 0.325 e. The summed E-state index contributed by atoms with van der Waals surface area (Å²) in [5, 5.41) is 3.57. The normalized spacial score (nSPS) is 16.0. The van der Waals surface area contributed by atoms with Crippen molar-refractivity contribution in [1.29, 1.82) is 0 Å². The van der Waals surface area contributed by atoms with Gasteiger partial charge < -0.3 is 15.0 Å². The molecule has 0 atom stereocenters. The van der Waals surface area contributed by atoms with Crippen LogP contribution >= 0.6 is 12.2 Å². The third-order valence-electron chi connectivity index (χ3n) is 3.62. The number of thiocarbonyl (C=S) groups is 1. The van der Waals surface area contributed by atoms with Gasteiger partial charge in [0.25, 0.3) is 0 Å². The van der Waals surface area contributed by atoms with Crippen molar-refractivity contribution in [2.45, 2.75) is 13.0 Å². The number of carbonyl (C=O) groups excluding carboxylic acids is 1. The van der Waals surface area contributed by atoms with Crippen molar-refractivity contribution in [2.24, 2.45) is 0 Å². The highest BCUT2D eigenvalue weighted by molar-refractivity contribution is 7.80. The molecule has 0 unspecified atom stereocenters. The van der Waals surface area contributed by atoms with Gasteiger partial charge in [0.05, 0.1) is 7.11 Å². The first-order valence-corrected chi connectivity index (χ1v) is 7.80. The van der Waals surface area contributed by atoms with Crippen LogP contribution in [0.2, 0.25) is 0 Å². The van der Waals surface area contributed by atoms with Gasteiger partial charge in [0.2, 0.25) is 0 Å². The standard InChI is InChI=1S/C15H22N4O2S/c1-21-14(20)11-17-15(22)19-7-3-6-18(8-9-19)12-13-4-2-5-16-10-13/h2,4-5,10H,3,6-9,11-12H2,1H3,(H,17,22). The molecule has 0 spiro atoms. The molecular weight excluding hydrogens is 300 g/mol. The number of nitrogens with one attached hydrogen (secondary N) is 1. The second-order valence-corrected chi connectivity index (χ2v) is 5.60. The topological polar surface area (TPSA) is 57.7 Å². The van der Waals surface area contributed by atoms with Gasteiger partial charge in [0.15, 0.2) is 5.11 Å². The average molecular weight is 322 g/mol. The lowest BCUT2D eigenvalue weighted by Gasteiger charge is -2.24. The molecule has 0 bridgehead atoms. The van der Waals surface area contributed by atoms with Crippen LogP contribution in [0, 0.1) is 0 Å². The monoisotopic (exact) mass is 322 g/mol. The third kappa shape index (κ3) is 5.23. The van der Waals surface area contributed by atoms with E-state index in [1.165, 1.54) is 12.7 Å². The fraction of sp³-hybridized carbons (Fsp3) is 0.533. The van der Waals surface area contributed by atoms with Crippen molar-refractivity contribution in [2.75, 3.05) is 39.8 Å². The maximum absolute atomic E-state index is 11.1. The average Bonchev–Trinajstić information content (AvgIpc) is 2.79. The van der Waals surface area contributed by atoms with E-state index in [1.54, 1.807) is 6.20 Å². The Morgan fingerprint density at radius 3 is 3.00 bits per heavy atom. The lowest BCUT2D eigenvalue weighted by molar-refractivity contribution is -0.139. The Balaban J connectivity index is 1.79. The van der Waals surface area contributed by atoms with Gasteiger partial charge in [0.1, 0.15) is 6.54 Å². The number of hydrogen-bond donors (Lipinski definition) is 1. The summed E-state index contributed by atoms with van der Waals surface area (Å²) < 4.78 is 4.60. The Hall–Kier alpha value is -1.73. The van der Waals surface area contributed by atoms with Gasteiger partial charge in [-0.15, -0.1) is 0 Å². The lowest BCUT2D eigenvalue weighted by atomic mass is 10.2. The Morgan fingerprint density at radius 1 is 1.41 bits per heavy atom. The third-order valence-corrected chi connectivity index (χ3v) is 4.02. The van der Waals surface area contributed by atoms with Crippen LogP contribution in [0.3, 0.4) is 0 Å². The van der Waals surface area contributed by atoms with Crippen molar-refractivity contribution < 1.29 is 9.53 Å². The molecule has 1 aromatic rings. The van der Waals surface area contributed by atoms with Crippen LogP contribution in [-0.4, -0.2) is 65.7 Å². The number of aromatic nitrogens is 1. The Bertz CT molecular complexity index is 498. The number of esters is 1. The number of methoxy groups -OCH3 is 1. The Labute approximate surface area is 136 Å². The summed E-state index contributed by atoms with van der Waals surface area (Å²) in [5.41, 5.74) is 1.22. The SMILES string of the molecule is COC(=O)CNC(=S)N1CCCN(Cc2cccnc2)CC1. The van der Waals surface area contributed by atoms with Gasteiger partial charge in [0, 0.05) is 45.1 Å². The van der Waals surface area contributed by atoms with Crippen molar-refractivity contribution >= 4 is 23.3 Å². The summed E-state index contributed by atoms with van der Waals surface area (Å²) in [4.78, 5) is 19.8. The van der Waals surface area contributed by atoms with E-state index in [0.29, 0.717) is 5.11 Å². The van der Waals surface area contributed by atoms with E-state index in [0.717, 1.165) is 39.1 Å². The van der Waals surface area contributed by atoms with Crippen LogP contribution in [0.5, 0.6) is 0 Å². The molecule has 1 N–H and O–H groups in total. The molecule has 1 saturated heterocycles. The van der Waals surface area contributed by atoms with Crippen molar-refractivity contribution in [1.82, 2.24) is 20.1 Å². The van der Waals surface area contributed by atoms with E-state index < -0.39 is 0 Å². The zero-order chi connectivity index (χ0) is 15.8. The molecule has 0 aromatic carbocycles. The maximum Gasteiger partial charge on any atom is 0.325 e. The van der Waals surface area contributed by atoms with Crippen molar-refractivity contribution in [3.8, 4) is 0 Å². The molecule has 22 heavy (non-hydrogen) atoms. The van der Waals surface area contributed by atoms with Crippen LogP contribution in [0.15, 0.2) is 24.5 Å². The number of pyridine rings is 1. The van der Waals surface area contributed by atoms with Crippen LogP contribution in [0.25, 0.3) is 0 Å². The first-order chi connectivity index (χ1) is 10.7. The first-order valence-electron chi connectivity index (χ1n) is 7.40. The van der Waals surface area contributed by atoms with Gasteiger partial charge in [-0.1, -0.05) is 6.07 Å². The maximum atomic E-state index is 11.1. The summed E-state index contributed by atoms with van der Waals surface area (Å²) in [6.45, 7) is 4.75. The van der Waals surface area contributed by atoms with Crippen LogP contribution < -0.4 is 5.32 Å². The predicted octanol–water partition coefficient (Wildman–Crippen LogP) is 0.637. The van der Waals surface area contributed by atoms with Crippen LogP contribution in [-0.2, 0) is 16.1 Å². The Morgan fingerprint density at radius 2 is 2.27 bits per heavy atom. The second-order valence-electron chi connectivity index (χ2n) is 5.21. The van der Waals surface area contributed by atoms with Gasteiger partial charge in [-0.05, 0) is 30.3 Å². The van der Waals surface area contributed by atoms with Crippen LogP contribution in [0.1, 0.15) is 12.0 Å². The van der Waals surface area contributed by atoms with E-state index in [9.17, 15) is 4.79 Å². The minimum atomic E-state index is -0.310. The molecule has 2 heterocycles. The van der Waals surface area contributed by atoms with E-state index in [4.69, 9.17) is 12.2 Å². The first kappa shape index (κ1) is 16.6. The summed E-state index contributed by atoms with van der Waals surface area (Å²) in [7, 11) is 1.37. The van der Waals surface area contributed by atoms with Crippen LogP contribution in [0.4, 0.5) is 0 Å². The number of carbonyl (C=O) groups is 1. The van der Waals surface area contributed by atoms with E-state index in [2.05, 4.69) is 30.9 Å². The fourth-order valence-electron chi connectivity index (χ4n) is 2.41. The number of rotatable bonds is 4. The fourth-order valence-corrected chi connectivity index (χ4v) is 2.67. The minimum absolute atomic E-state index is 0.116. The molecular formula is C15H22N4O2S. The highest BCUT2D eigenvalue weighted by atomic mass is 32.1. The molecule has 1 aliphatic heterocycles. The van der Waals surface area contributed by atoms with Crippen molar-refractivity contribution in [3.05, 3.63) is 30.1 Å². The summed E-state index contributed by atoms with van der Waals surface area (Å²) in [6.07, 6.45) is 4.74. The number of hydrogen-bond acceptors (Lipinski definition) is 5. The molecule has 1 fully saturated rings. The minimum Gasteiger partial charge on any atom is -0.468 e. The molecule has 0 amide bonds. The highest BCUT2D eigenvalue weighted by Crippen LogP contribution is 2.08. The summed E-state index contributed by atoms with van der Waals surface area (Å²) >= 11 is 5.35. The highest BCUT2D eigenvalue weighted by Gasteiger charge is 2.17. The van der Waals surface area contributed by atoms with E-state index in [1.807, 2.05) is 12.3 Å². The van der Waals surface area contributed by atoms with E-state index in [-0.39, 0.29) is 12.5 Å². The largest absolute Gasteiger partial charge is 0.468 e.